The Bertz CT molecular complexity index is 1060. The van der Waals surface area contributed by atoms with Crippen molar-refractivity contribution in [2.75, 3.05) is 12.4 Å². The molecule has 0 fully saturated rings. The first-order chi connectivity index (χ1) is 14.7. The number of anilines is 1. The third kappa shape index (κ3) is 4.91. The summed E-state index contributed by atoms with van der Waals surface area (Å²) in [6.07, 6.45) is -0.326. The Kier molecular flexibility index (Phi) is 6.39. The van der Waals surface area contributed by atoms with Crippen LogP contribution >= 0.6 is 0 Å². The number of nitrogens with zero attached hydrogens (tertiary/aromatic N) is 1. The van der Waals surface area contributed by atoms with Gasteiger partial charge in [0.2, 0.25) is 0 Å². The van der Waals surface area contributed by atoms with Gasteiger partial charge >= 0.3 is 12.0 Å². The van der Waals surface area contributed by atoms with Gasteiger partial charge in [-0.3, -0.25) is 4.79 Å². The van der Waals surface area contributed by atoms with Gasteiger partial charge in [-0.15, -0.1) is 0 Å². The molecule has 2 N–H and O–H groups in total. The molecule has 2 aromatic carbocycles. The maximum atomic E-state index is 13.4. The lowest BCUT2D eigenvalue weighted by atomic mass is 9.94. The highest BCUT2D eigenvalue weighted by atomic mass is 19.1. The van der Waals surface area contributed by atoms with E-state index >= 15 is 0 Å². The molecule has 0 saturated heterocycles. The number of rotatable bonds is 5. The van der Waals surface area contributed by atoms with E-state index in [1.165, 1.54) is 23.1 Å². The molecule has 1 aliphatic heterocycles. The monoisotopic (exact) mass is 425 g/mol. The summed E-state index contributed by atoms with van der Waals surface area (Å²) in [5.41, 5.74) is 2.00. The molecule has 0 aliphatic carbocycles. The van der Waals surface area contributed by atoms with Crippen molar-refractivity contribution in [3.05, 3.63) is 76.7 Å². The van der Waals surface area contributed by atoms with Crippen LogP contribution in [0, 0.1) is 5.82 Å². The van der Waals surface area contributed by atoms with E-state index in [0.29, 0.717) is 22.5 Å². The normalized spacial score (nSPS) is 16.3. The third-order valence-electron chi connectivity index (χ3n) is 4.88. The van der Waals surface area contributed by atoms with Crippen LogP contribution in [0.25, 0.3) is 0 Å². The molecule has 0 aromatic heterocycles. The first-order valence-electron chi connectivity index (χ1n) is 9.80. The van der Waals surface area contributed by atoms with Gasteiger partial charge in [0.1, 0.15) is 5.82 Å². The predicted octanol–water partition coefficient (Wildman–Crippen LogP) is 4.00. The van der Waals surface area contributed by atoms with Crippen LogP contribution in [0.3, 0.4) is 0 Å². The van der Waals surface area contributed by atoms with Crippen molar-refractivity contribution >= 4 is 23.6 Å². The molecular weight excluding hydrogens is 401 g/mol. The fraction of sp³-hybridized carbons (Fsp3) is 0.261. The fourth-order valence-electron chi connectivity index (χ4n) is 3.26. The number of amides is 3. The van der Waals surface area contributed by atoms with E-state index in [2.05, 4.69) is 10.6 Å². The van der Waals surface area contributed by atoms with Crippen LogP contribution in [0.5, 0.6) is 0 Å². The van der Waals surface area contributed by atoms with Crippen molar-refractivity contribution in [1.29, 1.82) is 0 Å². The van der Waals surface area contributed by atoms with E-state index in [4.69, 9.17) is 4.74 Å². The highest BCUT2D eigenvalue weighted by molar-refractivity contribution is 6.04. The maximum absolute atomic E-state index is 13.4. The molecule has 0 saturated carbocycles. The molecule has 1 heterocycles. The molecular formula is C23H24FN3O4. The molecule has 2 aromatic rings. The van der Waals surface area contributed by atoms with Crippen LogP contribution in [-0.2, 0) is 9.53 Å². The van der Waals surface area contributed by atoms with Crippen molar-refractivity contribution in [2.24, 2.45) is 0 Å². The Morgan fingerprint density at radius 2 is 1.87 bits per heavy atom. The van der Waals surface area contributed by atoms with E-state index in [1.807, 2.05) is 0 Å². The first-order valence-corrected chi connectivity index (χ1v) is 9.80. The highest BCUT2D eigenvalue weighted by Crippen LogP contribution is 2.32. The molecule has 31 heavy (non-hydrogen) atoms. The Hall–Kier alpha value is -3.68. The van der Waals surface area contributed by atoms with Crippen molar-refractivity contribution in [3.8, 4) is 0 Å². The average Bonchev–Trinajstić information content (AvgIpc) is 2.71. The number of esters is 1. The molecule has 0 unspecified atom stereocenters. The molecule has 8 heteroatoms. The highest BCUT2D eigenvalue weighted by Gasteiger charge is 2.35. The zero-order chi connectivity index (χ0) is 22.7. The van der Waals surface area contributed by atoms with Gasteiger partial charge in [-0.2, -0.15) is 0 Å². The first kappa shape index (κ1) is 22.0. The number of ether oxygens (including phenoxy) is 1. The van der Waals surface area contributed by atoms with E-state index in [1.54, 1.807) is 52.1 Å². The number of hydrogen-bond donors (Lipinski definition) is 2. The number of allylic oxidation sites excluding steroid dienone is 1. The van der Waals surface area contributed by atoms with Gasteiger partial charge in [-0.1, -0.05) is 18.2 Å². The van der Waals surface area contributed by atoms with Crippen LogP contribution in [0.15, 0.2) is 59.8 Å². The Labute approximate surface area is 179 Å². The smallest absolute Gasteiger partial charge is 0.338 e. The predicted molar refractivity (Wildman–Crippen MR) is 114 cm³/mol. The van der Waals surface area contributed by atoms with Gasteiger partial charge < -0.3 is 20.3 Å². The SMILES string of the molecule is CC1=C(C(=O)OC(C)C)[C@H](c2cccc(NC(=O)c3cccc(F)c3)c2)NC(=O)N1C. The van der Waals surface area contributed by atoms with Crippen LogP contribution in [0.4, 0.5) is 14.9 Å². The summed E-state index contributed by atoms with van der Waals surface area (Å²) < 4.78 is 18.8. The molecule has 162 valence electrons. The summed E-state index contributed by atoms with van der Waals surface area (Å²) in [6.45, 7) is 5.17. The van der Waals surface area contributed by atoms with Gasteiger partial charge in [0.15, 0.2) is 0 Å². The number of urea groups is 1. The molecule has 0 radical (unpaired) electrons. The fourth-order valence-corrected chi connectivity index (χ4v) is 3.26. The molecule has 7 nitrogen and oxygen atoms in total. The largest absolute Gasteiger partial charge is 0.459 e. The van der Waals surface area contributed by atoms with E-state index in [0.717, 1.165) is 6.07 Å². The molecule has 1 atom stereocenters. The minimum atomic E-state index is -0.749. The van der Waals surface area contributed by atoms with Gasteiger partial charge in [0.05, 0.1) is 17.7 Å². The standard InChI is InChI=1S/C23H24FN3O4/c1-13(2)31-22(29)19-14(3)27(4)23(30)26-20(19)15-7-6-10-18(12-15)25-21(28)16-8-5-9-17(24)11-16/h5-13,20H,1-4H3,(H,25,28)(H,26,30)/t20-/m0/s1. The number of benzene rings is 2. The molecule has 0 bridgehead atoms. The topological polar surface area (TPSA) is 87.7 Å². The molecule has 3 rings (SSSR count). The number of hydrogen-bond acceptors (Lipinski definition) is 4. The Morgan fingerprint density at radius 3 is 2.55 bits per heavy atom. The summed E-state index contributed by atoms with van der Waals surface area (Å²) in [7, 11) is 1.57. The second-order valence-corrected chi connectivity index (χ2v) is 7.48. The number of carbonyl (C=O) groups excluding carboxylic acids is 3. The van der Waals surface area contributed by atoms with E-state index < -0.39 is 23.7 Å². The molecule has 3 amide bonds. The van der Waals surface area contributed by atoms with Gasteiger partial charge in [-0.05, 0) is 56.7 Å². The lowest BCUT2D eigenvalue weighted by Crippen LogP contribution is -2.46. The second kappa shape index (κ2) is 8.99. The van der Waals surface area contributed by atoms with Crippen molar-refractivity contribution in [3.63, 3.8) is 0 Å². The lowest BCUT2D eigenvalue weighted by molar-refractivity contribution is -0.143. The lowest BCUT2D eigenvalue weighted by Gasteiger charge is -2.33. The van der Waals surface area contributed by atoms with E-state index in [-0.39, 0.29) is 17.7 Å². The Balaban J connectivity index is 1.93. The third-order valence-corrected chi connectivity index (χ3v) is 4.88. The van der Waals surface area contributed by atoms with Crippen molar-refractivity contribution in [2.45, 2.75) is 32.9 Å². The van der Waals surface area contributed by atoms with Gasteiger partial charge in [0.25, 0.3) is 5.91 Å². The molecule has 1 aliphatic rings. The van der Waals surface area contributed by atoms with Crippen molar-refractivity contribution < 1.29 is 23.5 Å². The van der Waals surface area contributed by atoms with Crippen LogP contribution in [0.1, 0.15) is 42.7 Å². The van der Waals surface area contributed by atoms with E-state index in [9.17, 15) is 18.8 Å². The van der Waals surface area contributed by atoms with Crippen LogP contribution in [0.2, 0.25) is 0 Å². The zero-order valence-corrected chi connectivity index (χ0v) is 17.7. The maximum Gasteiger partial charge on any atom is 0.338 e. The van der Waals surface area contributed by atoms with Crippen molar-refractivity contribution in [1.82, 2.24) is 10.2 Å². The number of halogens is 1. The average molecular weight is 425 g/mol. The quantitative estimate of drug-likeness (QED) is 0.709. The number of nitrogens with one attached hydrogen (secondary N) is 2. The summed E-state index contributed by atoms with van der Waals surface area (Å²) >= 11 is 0. The summed E-state index contributed by atoms with van der Waals surface area (Å²) in [5.74, 6) is -1.52. The molecule has 0 spiro atoms. The summed E-state index contributed by atoms with van der Waals surface area (Å²) in [4.78, 5) is 39.0. The number of carbonyl (C=O) groups is 3. The zero-order valence-electron chi connectivity index (χ0n) is 17.7. The summed E-state index contributed by atoms with van der Waals surface area (Å²) in [6, 6.07) is 11.0. The summed E-state index contributed by atoms with van der Waals surface area (Å²) in [5, 5.41) is 5.51. The minimum absolute atomic E-state index is 0.176. The van der Waals surface area contributed by atoms with Gasteiger partial charge in [-0.25, -0.2) is 14.0 Å². The minimum Gasteiger partial charge on any atom is -0.459 e. The second-order valence-electron chi connectivity index (χ2n) is 7.48. The van der Waals surface area contributed by atoms with Crippen LogP contribution in [-0.4, -0.2) is 36.0 Å². The van der Waals surface area contributed by atoms with Crippen LogP contribution < -0.4 is 10.6 Å². The Morgan fingerprint density at radius 1 is 1.16 bits per heavy atom. The van der Waals surface area contributed by atoms with Gasteiger partial charge in [0, 0.05) is 24.0 Å².